The van der Waals surface area contributed by atoms with E-state index in [-0.39, 0.29) is 11.0 Å². The SMILES string of the molecule is Fc1ccc(F)c(-c2ccnc(Cl)n2)c1F. The molecule has 1 aromatic heterocycles. The van der Waals surface area contributed by atoms with Crippen LogP contribution in [-0.4, -0.2) is 9.97 Å². The molecule has 1 heterocycles. The lowest BCUT2D eigenvalue weighted by Gasteiger charge is -2.04. The van der Waals surface area contributed by atoms with Gasteiger partial charge >= 0.3 is 0 Å². The Morgan fingerprint density at radius 3 is 2.38 bits per heavy atom. The third-order valence-electron chi connectivity index (χ3n) is 1.93. The molecule has 0 saturated carbocycles. The minimum Gasteiger partial charge on any atom is -0.226 e. The van der Waals surface area contributed by atoms with Gasteiger partial charge in [0.15, 0.2) is 11.6 Å². The van der Waals surface area contributed by atoms with Gasteiger partial charge in [0.05, 0.1) is 11.3 Å². The summed E-state index contributed by atoms with van der Waals surface area (Å²) in [7, 11) is 0. The van der Waals surface area contributed by atoms with Gasteiger partial charge < -0.3 is 0 Å². The first kappa shape index (κ1) is 10.9. The van der Waals surface area contributed by atoms with E-state index in [1.165, 1.54) is 12.3 Å². The van der Waals surface area contributed by atoms with E-state index in [1.807, 2.05) is 0 Å². The van der Waals surface area contributed by atoms with Crippen LogP contribution >= 0.6 is 11.6 Å². The number of benzene rings is 1. The van der Waals surface area contributed by atoms with E-state index < -0.39 is 23.0 Å². The van der Waals surface area contributed by atoms with Crippen LogP contribution in [0.3, 0.4) is 0 Å². The summed E-state index contributed by atoms with van der Waals surface area (Å²) in [5.74, 6) is -3.35. The zero-order chi connectivity index (χ0) is 11.7. The van der Waals surface area contributed by atoms with E-state index in [0.29, 0.717) is 6.07 Å². The maximum Gasteiger partial charge on any atom is 0.222 e. The zero-order valence-electron chi connectivity index (χ0n) is 7.72. The molecular formula is C10H4ClF3N2. The van der Waals surface area contributed by atoms with Gasteiger partial charge in [-0.05, 0) is 29.8 Å². The van der Waals surface area contributed by atoms with Crippen LogP contribution in [0.15, 0.2) is 24.4 Å². The molecule has 2 aromatic rings. The largest absolute Gasteiger partial charge is 0.226 e. The summed E-state index contributed by atoms with van der Waals surface area (Å²) in [5.41, 5.74) is -0.654. The highest BCUT2D eigenvalue weighted by atomic mass is 35.5. The standard InChI is InChI=1S/C10H4ClF3N2/c11-10-15-4-3-7(16-10)8-5(12)1-2-6(13)9(8)14/h1-4H. The van der Waals surface area contributed by atoms with Crippen LogP contribution < -0.4 is 0 Å². The first-order valence-electron chi connectivity index (χ1n) is 4.22. The minimum atomic E-state index is -1.30. The summed E-state index contributed by atoms with van der Waals surface area (Å²) in [5, 5.41) is -0.166. The van der Waals surface area contributed by atoms with E-state index in [1.54, 1.807) is 0 Å². The first-order chi connectivity index (χ1) is 7.59. The van der Waals surface area contributed by atoms with Crippen molar-refractivity contribution >= 4 is 11.6 Å². The predicted octanol–water partition coefficient (Wildman–Crippen LogP) is 3.21. The second-order valence-electron chi connectivity index (χ2n) is 2.93. The van der Waals surface area contributed by atoms with Gasteiger partial charge in [-0.3, -0.25) is 0 Å². The highest BCUT2D eigenvalue weighted by Crippen LogP contribution is 2.26. The van der Waals surface area contributed by atoms with Crippen LogP contribution in [-0.2, 0) is 0 Å². The van der Waals surface area contributed by atoms with Crippen molar-refractivity contribution in [1.29, 1.82) is 0 Å². The smallest absolute Gasteiger partial charge is 0.222 e. The molecule has 0 aliphatic rings. The summed E-state index contributed by atoms with van der Waals surface area (Å²) in [6.45, 7) is 0. The van der Waals surface area contributed by atoms with Gasteiger partial charge in [0.1, 0.15) is 5.82 Å². The second kappa shape index (κ2) is 4.09. The summed E-state index contributed by atoms with van der Waals surface area (Å²) in [4.78, 5) is 7.18. The Balaban J connectivity index is 2.68. The molecule has 6 heteroatoms. The normalized spacial score (nSPS) is 10.5. The number of nitrogens with zero attached hydrogens (tertiary/aromatic N) is 2. The highest BCUT2D eigenvalue weighted by Gasteiger charge is 2.16. The quantitative estimate of drug-likeness (QED) is 0.569. The molecule has 2 rings (SSSR count). The first-order valence-corrected chi connectivity index (χ1v) is 4.60. The van der Waals surface area contributed by atoms with Gasteiger partial charge in [-0.15, -0.1) is 0 Å². The molecule has 0 unspecified atom stereocenters. The number of rotatable bonds is 1. The fourth-order valence-corrected chi connectivity index (χ4v) is 1.38. The van der Waals surface area contributed by atoms with Gasteiger partial charge in [0, 0.05) is 6.20 Å². The van der Waals surface area contributed by atoms with Crippen molar-refractivity contribution in [2.75, 3.05) is 0 Å². The lowest BCUT2D eigenvalue weighted by molar-refractivity contribution is 0.498. The number of aromatic nitrogens is 2. The molecule has 0 atom stereocenters. The van der Waals surface area contributed by atoms with Crippen molar-refractivity contribution in [2.45, 2.75) is 0 Å². The van der Waals surface area contributed by atoms with Gasteiger partial charge in [0.2, 0.25) is 5.28 Å². The van der Waals surface area contributed by atoms with Crippen molar-refractivity contribution in [3.8, 4) is 11.3 Å². The molecule has 0 aliphatic heterocycles. The summed E-state index contributed by atoms with van der Waals surface area (Å²) >= 11 is 5.48. The predicted molar refractivity (Wildman–Crippen MR) is 52.4 cm³/mol. The van der Waals surface area contributed by atoms with Crippen LogP contribution in [0.1, 0.15) is 0 Å². The summed E-state index contributed by atoms with van der Waals surface area (Å²) in [6.07, 6.45) is 1.23. The molecule has 0 fully saturated rings. The average molecular weight is 245 g/mol. The van der Waals surface area contributed by atoms with Crippen LogP contribution in [0.2, 0.25) is 5.28 Å². The van der Waals surface area contributed by atoms with Crippen LogP contribution in [0.5, 0.6) is 0 Å². The molecule has 0 radical (unpaired) electrons. The van der Waals surface area contributed by atoms with E-state index in [4.69, 9.17) is 11.6 Å². The zero-order valence-corrected chi connectivity index (χ0v) is 8.47. The third kappa shape index (κ3) is 1.86. The molecule has 0 saturated heterocycles. The summed E-state index contributed by atoms with van der Waals surface area (Å²) < 4.78 is 39.6. The van der Waals surface area contributed by atoms with Gasteiger partial charge in [-0.2, -0.15) is 0 Å². The molecule has 82 valence electrons. The monoisotopic (exact) mass is 244 g/mol. The summed E-state index contributed by atoms with van der Waals surface area (Å²) in [6, 6.07) is 2.77. The molecule has 1 aromatic carbocycles. The molecule has 0 bridgehead atoms. The van der Waals surface area contributed by atoms with E-state index in [2.05, 4.69) is 9.97 Å². The average Bonchev–Trinajstić information content (AvgIpc) is 2.24. The Bertz CT molecular complexity index is 546. The van der Waals surface area contributed by atoms with E-state index in [9.17, 15) is 13.2 Å². The number of halogens is 4. The highest BCUT2D eigenvalue weighted by molar-refractivity contribution is 6.28. The molecular weight excluding hydrogens is 241 g/mol. The molecule has 2 nitrogen and oxygen atoms in total. The van der Waals surface area contributed by atoms with Crippen LogP contribution in [0.4, 0.5) is 13.2 Å². The Labute approximate surface area is 93.7 Å². The van der Waals surface area contributed by atoms with Crippen molar-refractivity contribution in [2.24, 2.45) is 0 Å². The maximum atomic E-state index is 13.4. The lowest BCUT2D eigenvalue weighted by Crippen LogP contribution is -1.96. The molecule has 0 N–H and O–H groups in total. The maximum absolute atomic E-state index is 13.4. The van der Waals surface area contributed by atoms with Crippen molar-refractivity contribution in [3.05, 3.63) is 47.1 Å². The van der Waals surface area contributed by atoms with E-state index >= 15 is 0 Å². The molecule has 0 amide bonds. The lowest BCUT2D eigenvalue weighted by atomic mass is 10.1. The van der Waals surface area contributed by atoms with E-state index in [0.717, 1.165) is 6.07 Å². The second-order valence-corrected chi connectivity index (χ2v) is 3.27. The number of hydrogen-bond acceptors (Lipinski definition) is 2. The van der Waals surface area contributed by atoms with Crippen LogP contribution in [0, 0.1) is 17.5 Å². The Morgan fingerprint density at radius 2 is 1.69 bits per heavy atom. The third-order valence-corrected chi connectivity index (χ3v) is 2.11. The van der Waals surface area contributed by atoms with Crippen molar-refractivity contribution in [3.63, 3.8) is 0 Å². The fraction of sp³-hybridized carbons (Fsp3) is 0. The number of hydrogen-bond donors (Lipinski definition) is 0. The van der Waals surface area contributed by atoms with Gasteiger partial charge in [0.25, 0.3) is 0 Å². The Kier molecular flexibility index (Phi) is 2.78. The fourth-order valence-electron chi connectivity index (χ4n) is 1.24. The van der Waals surface area contributed by atoms with Crippen molar-refractivity contribution < 1.29 is 13.2 Å². The Morgan fingerprint density at radius 1 is 1.00 bits per heavy atom. The van der Waals surface area contributed by atoms with Gasteiger partial charge in [-0.1, -0.05) is 0 Å². The molecule has 0 spiro atoms. The molecule has 16 heavy (non-hydrogen) atoms. The molecule has 0 aliphatic carbocycles. The van der Waals surface area contributed by atoms with Crippen molar-refractivity contribution in [1.82, 2.24) is 9.97 Å². The minimum absolute atomic E-state index is 0.102. The van der Waals surface area contributed by atoms with Crippen LogP contribution in [0.25, 0.3) is 11.3 Å². The topological polar surface area (TPSA) is 25.8 Å². The van der Waals surface area contributed by atoms with Gasteiger partial charge in [-0.25, -0.2) is 23.1 Å². The Hall–Kier alpha value is -1.62.